The molecule has 2 aliphatic heterocycles. The summed E-state index contributed by atoms with van der Waals surface area (Å²) in [6.45, 7) is 2.80. The highest BCUT2D eigenvalue weighted by Crippen LogP contribution is 2.40. The van der Waals surface area contributed by atoms with Crippen LogP contribution in [-0.4, -0.2) is 14.3 Å². The summed E-state index contributed by atoms with van der Waals surface area (Å²) >= 11 is 0. The van der Waals surface area contributed by atoms with Gasteiger partial charge in [0.2, 0.25) is 0 Å². The lowest BCUT2D eigenvalue weighted by Crippen LogP contribution is -2.30. The van der Waals surface area contributed by atoms with Crippen LogP contribution < -0.4 is 10.9 Å². The summed E-state index contributed by atoms with van der Waals surface area (Å²) in [5, 5.41) is 9.53. The Morgan fingerprint density at radius 2 is 2.00 bits per heavy atom. The molecule has 0 saturated heterocycles. The van der Waals surface area contributed by atoms with Crippen LogP contribution in [0.2, 0.25) is 0 Å². The Morgan fingerprint density at radius 1 is 1.11 bits per heavy atom. The first-order valence-corrected chi connectivity index (χ1v) is 9.78. The van der Waals surface area contributed by atoms with Crippen molar-refractivity contribution in [2.75, 3.05) is 5.32 Å². The van der Waals surface area contributed by atoms with E-state index >= 15 is 0 Å². The molecule has 0 bridgehead atoms. The summed E-state index contributed by atoms with van der Waals surface area (Å²) in [5.41, 5.74) is 7.66. The molecular weight excluding hydrogens is 348 g/mol. The molecule has 28 heavy (non-hydrogen) atoms. The Balaban J connectivity index is 1.66. The molecule has 0 amide bonds. The minimum atomic E-state index is -0.210. The Labute approximate surface area is 162 Å². The molecule has 2 aromatic heterocycles. The van der Waals surface area contributed by atoms with Crippen LogP contribution in [0.3, 0.4) is 0 Å². The van der Waals surface area contributed by atoms with Gasteiger partial charge in [-0.05, 0) is 37.5 Å². The smallest absolute Gasteiger partial charge is 0.251 e. The number of rotatable bonds is 1. The quantitative estimate of drug-likeness (QED) is 0.550. The van der Waals surface area contributed by atoms with Gasteiger partial charge in [0, 0.05) is 34.8 Å². The molecular formula is C23H20N4O. The van der Waals surface area contributed by atoms with E-state index in [1.54, 1.807) is 6.07 Å². The maximum Gasteiger partial charge on any atom is 0.251 e. The van der Waals surface area contributed by atoms with Gasteiger partial charge in [-0.2, -0.15) is 5.10 Å². The number of benzene rings is 2. The molecule has 2 aliphatic rings. The van der Waals surface area contributed by atoms with Gasteiger partial charge >= 0.3 is 0 Å². The zero-order valence-electron chi connectivity index (χ0n) is 15.6. The second-order valence-electron chi connectivity index (χ2n) is 7.71. The molecule has 0 saturated carbocycles. The minimum Gasteiger partial charge on any atom is -0.359 e. The number of nitrogens with zero attached hydrogens (tertiary/aromatic N) is 3. The van der Waals surface area contributed by atoms with E-state index in [9.17, 15) is 4.79 Å². The number of hydrogen-bond donors (Lipinski definition) is 1. The molecule has 0 spiro atoms. The molecule has 0 radical (unpaired) electrons. The highest BCUT2D eigenvalue weighted by Gasteiger charge is 2.29. The van der Waals surface area contributed by atoms with E-state index in [1.807, 2.05) is 28.3 Å². The molecule has 6 rings (SSSR count). The normalized spacial score (nSPS) is 17.1. The van der Waals surface area contributed by atoms with Crippen LogP contribution in [0.15, 0.2) is 59.4 Å². The largest absolute Gasteiger partial charge is 0.359 e. The first-order valence-electron chi connectivity index (χ1n) is 9.78. The van der Waals surface area contributed by atoms with Gasteiger partial charge in [0.25, 0.3) is 5.56 Å². The van der Waals surface area contributed by atoms with Crippen molar-refractivity contribution in [1.29, 1.82) is 0 Å². The van der Waals surface area contributed by atoms with Gasteiger partial charge in [-0.3, -0.25) is 4.79 Å². The fourth-order valence-corrected chi connectivity index (χ4v) is 4.78. The van der Waals surface area contributed by atoms with E-state index < -0.39 is 0 Å². The Bertz CT molecular complexity index is 1310. The van der Waals surface area contributed by atoms with E-state index in [1.165, 1.54) is 5.56 Å². The molecule has 0 aliphatic carbocycles. The topological polar surface area (TPSA) is 51.9 Å². The Morgan fingerprint density at radius 3 is 2.93 bits per heavy atom. The van der Waals surface area contributed by atoms with Crippen molar-refractivity contribution in [2.24, 2.45) is 0 Å². The number of para-hydroxylation sites is 2. The summed E-state index contributed by atoms with van der Waals surface area (Å²) in [6, 6.07) is 18.6. The summed E-state index contributed by atoms with van der Waals surface area (Å²) in [5.74, 6) is 0. The Hall–Kier alpha value is -3.34. The van der Waals surface area contributed by atoms with Gasteiger partial charge in [-0.1, -0.05) is 36.4 Å². The van der Waals surface area contributed by atoms with Crippen molar-refractivity contribution >= 4 is 16.6 Å². The first kappa shape index (κ1) is 15.7. The lowest BCUT2D eigenvalue weighted by atomic mass is 9.96. The van der Waals surface area contributed by atoms with Gasteiger partial charge in [0.15, 0.2) is 0 Å². The highest BCUT2D eigenvalue weighted by atomic mass is 16.1. The molecule has 4 heterocycles. The van der Waals surface area contributed by atoms with Crippen LogP contribution in [0.4, 0.5) is 5.69 Å². The average Bonchev–Trinajstić information content (AvgIpc) is 3.12. The van der Waals surface area contributed by atoms with Crippen molar-refractivity contribution in [3.05, 3.63) is 81.8 Å². The minimum absolute atomic E-state index is 0.0701. The lowest BCUT2D eigenvalue weighted by Gasteiger charge is -2.31. The highest BCUT2D eigenvalue weighted by molar-refractivity contribution is 5.88. The van der Waals surface area contributed by atoms with E-state index in [0.717, 1.165) is 58.5 Å². The third-order valence-corrected chi connectivity index (χ3v) is 5.97. The summed E-state index contributed by atoms with van der Waals surface area (Å²) in [6.07, 6.45) is 1.83. The second kappa shape index (κ2) is 5.58. The SMILES string of the molecule is Cc1cc2n(n1)C(c1cc(=O)n3c4c(cccc14)CCC3)Nc1ccccc1-2. The Kier molecular flexibility index (Phi) is 3.13. The summed E-state index contributed by atoms with van der Waals surface area (Å²) in [4.78, 5) is 13.0. The van der Waals surface area contributed by atoms with Crippen LogP contribution in [0.25, 0.3) is 22.2 Å². The standard InChI is InChI=1S/C23H20N4O/c1-14-12-20-17-8-2-3-10-19(17)24-23(27(20)25-14)18-13-21(28)26-11-5-7-15-6-4-9-16(18)22(15)26/h2-4,6,8-10,12-13,23-24H,5,7,11H2,1H3. The van der Waals surface area contributed by atoms with Gasteiger partial charge in [0.05, 0.1) is 16.9 Å². The predicted octanol–water partition coefficient (Wildman–Crippen LogP) is 4.09. The zero-order valence-corrected chi connectivity index (χ0v) is 15.6. The zero-order chi connectivity index (χ0) is 18.8. The molecule has 138 valence electrons. The van der Waals surface area contributed by atoms with Gasteiger partial charge in [-0.25, -0.2) is 4.68 Å². The molecule has 1 unspecified atom stereocenters. The summed E-state index contributed by atoms with van der Waals surface area (Å²) in [7, 11) is 0. The van der Waals surface area contributed by atoms with E-state index in [-0.39, 0.29) is 11.7 Å². The second-order valence-corrected chi connectivity index (χ2v) is 7.71. The predicted molar refractivity (Wildman–Crippen MR) is 111 cm³/mol. The van der Waals surface area contributed by atoms with E-state index in [2.05, 4.69) is 41.7 Å². The molecule has 5 nitrogen and oxygen atoms in total. The van der Waals surface area contributed by atoms with Crippen molar-refractivity contribution in [1.82, 2.24) is 14.3 Å². The van der Waals surface area contributed by atoms with E-state index in [4.69, 9.17) is 5.10 Å². The third-order valence-electron chi connectivity index (χ3n) is 5.97. The average molecular weight is 368 g/mol. The molecule has 1 N–H and O–H groups in total. The molecule has 2 aromatic carbocycles. The van der Waals surface area contributed by atoms with Crippen LogP contribution in [0.1, 0.15) is 29.4 Å². The number of aromatic nitrogens is 3. The van der Waals surface area contributed by atoms with Crippen LogP contribution in [0, 0.1) is 6.92 Å². The number of fused-ring (bicyclic) bond motifs is 3. The van der Waals surface area contributed by atoms with Crippen LogP contribution in [0.5, 0.6) is 0 Å². The monoisotopic (exact) mass is 368 g/mol. The van der Waals surface area contributed by atoms with Crippen LogP contribution >= 0.6 is 0 Å². The summed E-state index contributed by atoms with van der Waals surface area (Å²) < 4.78 is 3.96. The van der Waals surface area contributed by atoms with Crippen molar-refractivity contribution in [3.8, 4) is 11.3 Å². The maximum atomic E-state index is 13.0. The lowest BCUT2D eigenvalue weighted by molar-refractivity contribution is 0.568. The molecule has 4 aromatic rings. The number of hydrogen-bond acceptors (Lipinski definition) is 3. The fourth-order valence-electron chi connectivity index (χ4n) is 4.78. The van der Waals surface area contributed by atoms with Gasteiger partial charge in [-0.15, -0.1) is 0 Å². The number of nitrogens with one attached hydrogen (secondary N) is 1. The van der Waals surface area contributed by atoms with Crippen molar-refractivity contribution in [2.45, 2.75) is 32.5 Å². The molecule has 5 heteroatoms. The molecule has 1 atom stereocenters. The fraction of sp³-hybridized carbons (Fsp3) is 0.217. The van der Waals surface area contributed by atoms with E-state index in [0.29, 0.717) is 0 Å². The first-order chi connectivity index (χ1) is 13.7. The van der Waals surface area contributed by atoms with Gasteiger partial charge < -0.3 is 9.88 Å². The number of aryl methyl sites for hydroxylation is 3. The number of anilines is 1. The number of pyridine rings is 1. The van der Waals surface area contributed by atoms with Crippen LogP contribution in [-0.2, 0) is 13.0 Å². The molecule has 0 fully saturated rings. The third kappa shape index (κ3) is 2.07. The van der Waals surface area contributed by atoms with Crippen molar-refractivity contribution < 1.29 is 0 Å². The van der Waals surface area contributed by atoms with Crippen molar-refractivity contribution in [3.63, 3.8) is 0 Å². The maximum absolute atomic E-state index is 13.0. The van der Waals surface area contributed by atoms with Gasteiger partial charge in [0.1, 0.15) is 6.17 Å².